The fraction of sp³-hybridized carbons (Fsp3) is 0.133. The Labute approximate surface area is 137 Å². The van der Waals surface area contributed by atoms with Crippen LogP contribution in [0.5, 0.6) is 0 Å². The summed E-state index contributed by atoms with van der Waals surface area (Å²) in [7, 11) is -3.89. The van der Waals surface area contributed by atoms with Gasteiger partial charge in [-0.05, 0) is 36.2 Å². The summed E-state index contributed by atoms with van der Waals surface area (Å²) in [6.45, 7) is 0. The molecule has 0 spiro atoms. The zero-order valence-electron chi connectivity index (χ0n) is 11.4. The molecule has 0 aromatic heterocycles. The zero-order valence-corrected chi connectivity index (χ0v) is 13.8. The van der Waals surface area contributed by atoms with Crippen LogP contribution < -0.4 is 4.72 Å². The standard InChI is InChI=1S/C15H14BrNO4S/c16-12-6-8-13(9-7-12)22(20,21)17-14(15(18)19)10-11-4-2-1-3-5-11/h1-9,14,17H,10H2,(H,18,19)/t14-/m1/s1. The van der Waals surface area contributed by atoms with E-state index in [0.717, 1.165) is 10.0 Å². The number of carboxylic acids is 1. The largest absolute Gasteiger partial charge is 0.480 e. The number of hydrogen-bond acceptors (Lipinski definition) is 3. The van der Waals surface area contributed by atoms with Crippen molar-refractivity contribution in [1.29, 1.82) is 0 Å². The summed E-state index contributed by atoms with van der Waals surface area (Å²) in [4.78, 5) is 11.4. The summed E-state index contributed by atoms with van der Waals surface area (Å²) in [5, 5.41) is 9.25. The van der Waals surface area contributed by atoms with Crippen LogP contribution in [0.25, 0.3) is 0 Å². The van der Waals surface area contributed by atoms with E-state index in [1.165, 1.54) is 12.1 Å². The van der Waals surface area contributed by atoms with Crippen LogP contribution in [0.4, 0.5) is 0 Å². The van der Waals surface area contributed by atoms with Gasteiger partial charge >= 0.3 is 5.97 Å². The minimum atomic E-state index is -3.89. The lowest BCUT2D eigenvalue weighted by Gasteiger charge is -2.15. The van der Waals surface area contributed by atoms with E-state index in [9.17, 15) is 18.3 Å². The van der Waals surface area contributed by atoms with E-state index in [-0.39, 0.29) is 11.3 Å². The molecule has 22 heavy (non-hydrogen) atoms. The lowest BCUT2D eigenvalue weighted by molar-refractivity contribution is -0.138. The molecule has 5 nitrogen and oxygen atoms in total. The lowest BCUT2D eigenvalue weighted by atomic mass is 10.1. The highest BCUT2D eigenvalue weighted by molar-refractivity contribution is 9.10. The third-order valence-electron chi connectivity index (χ3n) is 3.00. The molecule has 0 aliphatic heterocycles. The SMILES string of the molecule is O=C(O)[C@@H](Cc1ccccc1)NS(=O)(=O)c1ccc(Br)cc1. The van der Waals surface area contributed by atoms with Crippen molar-refractivity contribution in [1.82, 2.24) is 4.72 Å². The predicted octanol–water partition coefficient (Wildman–Crippen LogP) is 2.42. The van der Waals surface area contributed by atoms with Crippen molar-refractivity contribution in [3.8, 4) is 0 Å². The third-order valence-corrected chi connectivity index (χ3v) is 5.02. The van der Waals surface area contributed by atoms with Crippen LogP contribution in [0.1, 0.15) is 5.56 Å². The number of carbonyl (C=O) groups is 1. The van der Waals surface area contributed by atoms with Crippen molar-refractivity contribution in [3.63, 3.8) is 0 Å². The number of benzene rings is 2. The highest BCUT2D eigenvalue weighted by atomic mass is 79.9. The Hall–Kier alpha value is -1.70. The highest BCUT2D eigenvalue weighted by Crippen LogP contribution is 2.15. The Morgan fingerprint density at radius 2 is 1.68 bits per heavy atom. The molecule has 0 saturated carbocycles. The molecule has 2 rings (SSSR count). The topological polar surface area (TPSA) is 83.5 Å². The first-order valence-corrected chi connectivity index (χ1v) is 8.71. The van der Waals surface area contributed by atoms with Gasteiger partial charge in [0.15, 0.2) is 0 Å². The van der Waals surface area contributed by atoms with Crippen LogP contribution in [-0.4, -0.2) is 25.5 Å². The van der Waals surface area contributed by atoms with E-state index >= 15 is 0 Å². The van der Waals surface area contributed by atoms with E-state index in [0.29, 0.717) is 0 Å². The van der Waals surface area contributed by atoms with Crippen LogP contribution >= 0.6 is 15.9 Å². The molecular weight excluding hydrogens is 370 g/mol. The van der Waals surface area contributed by atoms with Crippen LogP contribution in [0, 0.1) is 0 Å². The summed E-state index contributed by atoms with van der Waals surface area (Å²) >= 11 is 3.22. The molecule has 0 unspecified atom stereocenters. The Morgan fingerprint density at radius 1 is 1.09 bits per heavy atom. The highest BCUT2D eigenvalue weighted by Gasteiger charge is 2.25. The molecule has 1 atom stereocenters. The van der Waals surface area contributed by atoms with Crippen LogP contribution in [0.15, 0.2) is 64.0 Å². The van der Waals surface area contributed by atoms with E-state index < -0.39 is 22.0 Å². The van der Waals surface area contributed by atoms with Gasteiger partial charge in [-0.1, -0.05) is 46.3 Å². The number of halogens is 1. The summed E-state index contributed by atoms with van der Waals surface area (Å²) in [5.41, 5.74) is 0.744. The van der Waals surface area contributed by atoms with Gasteiger partial charge in [0.1, 0.15) is 6.04 Å². The molecule has 2 aromatic carbocycles. The van der Waals surface area contributed by atoms with Crippen molar-refractivity contribution in [2.75, 3.05) is 0 Å². The monoisotopic (exact) mass is 383 g/mol. The molecule has 0 amide bonds. The number of aliphatic carboxylic acids is 1. The third kappa shape index (κ3) is 4.40. The number of rotatable bonds is 6. The Balaban J connectivity index is 2.20. The van der Waals surface area contributed by atoms with Gasteiger partial charge in [-0.3, -0.25) is 4.79 Å². The molecule has 0 aliphatic rings. The molecule has 0 radical (unpaired) electrons. The van der Waals surface area contributed by atoms with Gasteiger partial charge < -0.3 is 5.11 Å². The maximum absolute atomic E-state index is 12.3. The van der Waals surface area contributed by atoms with Gasteiger partial charge in [-0.2, -0.15) is 4.72 Å². The molecule has 2 N–H and O–H groups in total. The number of carboxylic acid groups (broad SMARTS) is 1. The Morgan fingerprint density at radius 3 is 2.23 bits per heavy atom. The number of sulfonamides is 1. The molecular formula is C15H14BrNO4S. The summed E-state index contributed by atoms with van der Waals surface area (Å²) < 4.78 is 27.5. The lowest BCUT2D eigenvalue weighted by Crippen LogP contribution is -2.42. The molecule has 2 aromatic rings. The van der Waals surface area contributed by atoms with E-state index in [1.54, 1.807) is 36.4 Å². The second-order valence-electron chi connectivity index (χ2n) is 4.66. The maximum Gasteiger partial charge on any atom is 0.322 e. The summed E-state index contributed by atoms with van der Waals surface area (Å²) in [5.74, 6) is -1.22. The molecule has 7 heteroatoms. The fourth-order valence-electron chi connectivity index (χ4n) is 1.90. The van der Waals surface area contributed by atoms with E-state index in [4.69, 9.17) is 0 Å². The summed E-state index contributed by atoms with van der Waals surface area (Å²) in [6, 6.07) is 13.6. The molecule has 0 fully saturated rings. The van der Waals surface area contributed by atoms with Crippen LogP contribution in [0.3, 0.4) is 0 Å². The van der Waals surface area contributed by atoms with Crippen LogP contribution in [-0.2, 0) is 21.2 Å². The van der Waals surface area contributed by atoms with Gasteiger partial charge in [-0.15, -0.1) is 0 Å². The quantitative estimate of drug-likeness (QED) is 0.802. The first kappa shape index (κ1) is 16.7. The second kappa shape index (κ2) is 7.04. The second-order valence-corrected chi connectivity index (χ2v) is 7.29. The minimum Gasteiger partial charge on any atom is -0.480 e. The molecule has 0 aliphatic carbocycles. The van der Waals surface area contributed by atoms with E-state index in [2.05, 4.69) is 20.7 Å². The molecule has 0 bridgehead atoms. The number of hydrogen-bond donors (Lipinski definition) is 2. The zero-order chi connectivity index (χ0) is 16.2. The van der Waals surface area contributed by atoms with E-state index in [1.807, 2.05) is 6.07 Å². The van der Waals surface area contributed by atoms with Crippen LogP contribution in [0.2, 0.25) is 0 Å². The van der Waals surface area contributed by atoms with Crippen molar-refractivity contribution in [3.05, 3.63) is 64.6 Å². The van der Waals surface area contributed by atoms with Crippen molar-refractivity contribution in [2.45, 2.75) is 17.4 Å². The normalized spacial score (nSPS) is 12.8. The first-order valence-electron chi connectivity index (χ1n) is 6.43. The fourth-order valence-corrected chi connectivity index (χ4v) is 3.35. The predicted molar refractivity (Wildman–Crippen MR) is 86.0 cm³/mol. The molecule has 0 saturated heterocycles. The van der Waals surface area contributed by atoms with Gasteiger partial charge in [0.25, 0.3) is 0 Å². The van der Waals surface area contributed by atoms with Crippen molar-refractivity contribution >= 4 is 31.9 Å². The summed E-state index contributed by atoms with van der Waals surface area (Å²) in [6.07, 6.45) is 0.0753. The Bertz CT molecular complexity index is 745. The van der Waals surface area contributed by atoms with Crippen molar-refractivity contribution < 1.29 is 18.3 Å². The average molecular weight is 384 g/mol. The molecule has 116 valence electrons. The first-order chi connectivity index (χ1) is 10.4. The maximum atomic E-state index is 12.3. The van der Waals surface area contributed by atoms with Crippen molar-refractivity contribution in [2.24, 2.45) is 0 Å². The van der Waals surface area contributed by atoms with Gasteiger partial charge in [-0.25, -0.2) is 8.42 Å². The average Bonchev–Trinajstić information content (AvgIpc) is 2.48. The smallest absolute Gasteiger partial charge is 0.322 e. The Kier molecular flexibility index (Phi) is 5.33. The van der Waals surface area contributed by atoms with Gasteiger partial charge in [0, 0.05) is 4.47 Å². The van der Waals surface area contributed by atoms with Gasteiger partial charge in [0.05, 0.1) is 4.90 Å². The number of nitrogens with one attached hydrogen (secondary N) is 1. The minimum absolute atomic E-state index is 0.0232. The molecule has 0 heterocycles. The van der Waals surface area contributed by atoms with Gasteiger partial charge in [0.2, 0.25) is 10.0 Å².